The average molecular weight is 447 g/mol. The van der Waals surface area contributed by atoms with Crippen molar-refractivity contribution in [2.24, 2.45) is 0 Å². The lowest BCUT2D eigenvalue weighted by Gasteiger charge is -2.25. The topological polar surface area (TPSA) is 49.9 Å². The molecule has 6 heteroatoms. The van der Waals surface area contributed by atoms with Gasteiger partial charge in [0.2, 0.25) is 0 Å². The maximum absolute atomic E-state index is 13.7. The maximum Gasteiger partial charge on any atom is 0.282 e. The first-order chi connectivity index (χ1) is 15.5. The van der Waals surface area contributed by atoms with E-state index in [9.17, 15) is 9.59 Å². The van der Waals surface area contributed by atoms with Gasteiger partial charge in [0.1, 0.15) is 11.4 Å². The van der Waals surface area contributed by atoms with Crippen molar-refractivity contribution in [3.63, 3.8) is 0 Å². The summed E-state index contributed by atoms with van der Waals surface area (Å²) >= 11 is 6.31. The Morgan fingerprint density at radius 1 is 0.938 bits per heavy atom. The summed E-state index contributed by atoms with van der Waals surface area (Å²) in [5.74, 6) is -0.0961. The zero-order valence-electron chi connectivity index (χ0n) is 18.1. The number of halogens is 1. The van der Waals surface area contributed by atoms with Crippen molar-refractivity contribution in [3.05, 3.63) is 94.6 Å². The second-order valence-electron chi connectivity index (χ2n) is 7.41. The van der Waals surface area contributed by atoms with E-state index in [4.69, 9.17) is 16.3 Å². The van der Waals surface area contributed by atoms with Gasteiger partial charge in [-0.15, -0.1) is 0 Å². The number of nitrogens with zero attached hydrogens (tertiary/aromatic N) is 2. The second kappa shape index (κ2) is 8.89. The zero-order chi connectivity index (χ0) is 22.8. The van der Waals surface area contributed by atoms with Crippen molar-refractivity contribution in [2.45, 2.75) is 13.8 Å². The van der Waals surface area contributed by atoms with Crippen LogP contribution in [0.5, 0.6) is 5.75 Å². The lowest BCUT2D eigenvalue weighted by Crippen LogP contribution is -2.35. The fraction of sp³-hybridized carbons (Fsp3) is 0.154. The van der Waals surface area contributed by atoms with Crippen LogP contribution in [0.2, 0.25) is 5.02 Å². The zero-order valence-corrected chi connectivity index (χ0v) is 18.9. The maximum atomic E-state index is 13.7. The third kappa shape index (κ3) is 3.76. The molecule has 0 saturated heterocycles. The van der Waals surface area contributed by atoms with Crippen molar-refractivity contribution < 1.29 is 14.3 Å². The van der Waals surface area contributed by atoms with E-state index in [2.05, 4.69) is 0 Å². The van der Waals surface area contributed by atoms with Gasteiger partial charge in [0, 0.05) is 17.3 Å². The number of amides is 2. The third-order valence-electron chi connectivity index (χ3n) is 5.51. The average Bonchev–Trinajstić information content (AvgIpc) is 3.07. The summed E-state index contributed by atoms with van der Waals surface area (Å²) < 4.78 is 5.26. The summed E-state index contributed by atoms with van der Waals surface area (Å²) in [6.07, 6.45) is 0. The molecule has 3 aromatic carbocycles. The lowest BCUT2D eigenvalue weighted by molar-refractivity contribution is -0.120. The first-order valence-corrected chi connectivity index (χ1v) is 10.7. The monoisotopic (exact) mass is 446 g/mol. The van der Waals surface area contributed by atoms with Gasteiger partial charge in [-0.2, -0.15) is 0 Å². The molecule has 0 aromatic heterocycles. The minimum Gasteiger partial charge on any atom is -0.497 e. The number of anilines is 2. The fourth-order valence-corrected chi connectivity index (χ4v) is 3.99. The molecule has 5 nitrogen and oxygen atoms in total. The molecule has 1 aliphatic rings. The van der Waals surface area contributed by atoms with Crippen molar-refractivity contribution in [1.82, 2.24) is 0 Å². The smallest absolute Gasteiger partial charge is 0.282 e. The number of methoxy groups -OCH3 is 1. The quantitative estimate of drug-likeness (QED) is 0.471. The molecule has 2 amide bonds. The molecular formula is C26H23ClN2O3. The van der Waals surface area contributed by atoms with Gasteiger partial charge in [0.25, 0.3) is 11.8 Å². The normalized spacial score (nSPS) is 13.7. The van der Waals surface area contributed by atoms with Crippen LogP contribution in [0.4, 0.5) is 11.4 Å². The van der Waals surface area contributed by atoms with Gasteiger partial charge in [-0.3, -0.25) is 9.59 Å². The molecule has 0 radical (unpaired) electrons. The summed E-state index contributed by atoms with van der Waals surface area (Å²) in [5.41, 5.74) is 3.49. The number of imide groups is 1. The number of carbonyl (C=O) groups is 2. The van der Waals surface area contributed by atoms with Crippen LogP contribution in [-0.2, 0) is 9.59 Å². The molecule has 0 atom stereocenters. The van der Waals surface area contributed by atoms with E-state index < -0.39 is 0 Å². The number of hydrogen-bond acceptors (Lipinski definition) is 4. The minimum absolute atomic E-state index is 0.338. The Balaban J connectivity index is 1.90. The van der Waals surface area contributed by atoms with Crippen molar-refractivity contribution in [1.29, 1.82) is 0 Å². The molecule has 0 spiro atoms. The molecule has 0 fully saturated rings. The Labute approximate surface area is 192 Å². The molecule has 32 heavy (non-hydrogen) atoms. The van der Waals surface area contributed by atoms with E-state index in [-0.39, 0.29) is 11.8 Å². The van der Waals surface area contributed by atoms with Crippen LogP contribution >= 0.6 is 11.6 Å². The Morgan fingerprint density at radius 3 is 2.22 bits per heavy atom. The van der Waals surface area contributed by atoms with Gasteiger partial charge < -0.3 is 9.64 Å². The van der Waals surface area contributed by atoms with E-state index in [0.717, 1.165) is 11.3 Å². The highest BCUT2D eigenvalue weighted by molar-refractivity contribution is 6.46. The molecule has 0 bridgehead atoms. The molecule has 0 aliphatic carbocycles. The molecule has 4 rings (SSSR count). The predicted molar refractivity (Wildman–Crippen MR) is 128 cm³/mol. The van der Waals surface area contributed by atoms with E-state index in [1.165, 1.54) is 4.90 Å². The molecule has 0 saturated carbocycles. The van der Waals surface area contributed by atoms with Crippen LogP contribution < -0.4 is 14.5 Å². The number of likely N-dealkylation sites (N-methyl/N-ethyl adjacent to an activating group) is 1. The SMILES string of the molecule is CCN(C1=C(c2ccc(OC)cc2)C(=O)N(c2ccc(C)c(Cl)c2)C1=O)c1ccccc1. The van der Waals surface area contributed by atoms with Crippen LogP contribution in [0.15, 0.2) is 78.5 Å². The van der Waals surface area contributed by atoms with E-state index in [1.807, 2.05) is 49.1 Å². The third-order valence-corrected chi connectivity index (χ3v) is 5.91. The summed E-state index contributed by atoms with van der Waals surface area (Å²) in [6, 6.07) is 21.9. The van der Waals surface area contributed by atoms with Crippen LogP contribution in [0.1, 0.15) is 18.1 Å². The fourth-order valence-electron chi connectivity index (χ4n) is 3.82. The van der Waals surface area contributed by atoms with Gasteiger partial charge in [0.05, 0.1) is 18.4 Å². The second-order valence-corrected chi connectivity index (χ2v) is 7.82. The van der Waals surface area contributed by atoms with Crippen LogP contribution in [0.25, 0.3) is 5.57 Å². The Morgan fingerprint density at radius 2 is 1.62 bits per heavy atom. The first kappa shape index (κ1) is 21.7. The van der Waals surface area contributed by atoms with Gasteiger partial charge in [-0.25, -0.2) is 4.90 Å². The molecule has 3 aromatic rings. The number of para-hydroxylation sites is 1. The standard InChI is InChI=1S/C26H23ClN2O3/c1-4-28(19-8-6-5-7-9-19)24-23(18-11-14-21(32-3)15-12-18)25(30)29(26(24)31)20-13-10-17(2)22(27)16-20/h5-16H,4H2,1-3H3. The number of ether oxygens (including phenoxy) is 1. The highest BCUT2D eigenvalue weighted by Gasteiger charge is 2.42. The number of aryl methyl sites for hydroxylation is 1. The van der Waals surface area contributed by atoms with E-state index >= 15 is 0 Å². The number of rotatable bonds is 6. The molecule has 0 unspecified atom stereocenters. The van der Waals surface area contributed by atoms with Gasteiger partial charge in [0.15, 0.2) is 0 Å². The summed E-state index contributed by atoms with van der Waals surface area (Å²) in [6.45, 7) is 4.34. The minimum atomic E-state index is -0.385. The van der Waals surface area contributed by atoms with Gasteiger partial charge in [-0.05, 0) is 61.4 Å². The summed E-state index contributed by atoms with van der Waals surface area (Å²) in [7, 11) is 1.58. The Bertz CT molecular complexity index is 1200. The molecule has 0 N–H and O–H groups in total. The van der Waals surface area contributed by atoms with Crippen molar-refractivity contribution >= 4 is 40.4 Å². The first-order valence-electron chi connectivity index (χ1n) is 10.3. The summed E-state index contributed by atoms with van der Waals surface area (Å²) in [5, 5.41) is 0.498. The van der Waals surface area contributed by atoms with E-state index in [1.54, 1.807) is 49.6 Å². The van der Waals surface area contributed by atoms with Crippen molar-refractivity contribution in [2.75, 3.05) is 23.5 Å². The number of hydrogen-bond donors (Lipinski definition) is 0. The summed E-state index contributed by atoms with van der Waals surface area (Å²) in [4.78, 5) is 30.5. The highest BCUT2D eigenvalue weighted by atomic mass is 35.5. The molecule has 162 valence electrons. The molecule has 1 heterocycles. The van der Waals surface area contributed by atoms with Crippen LogP contribution in [-0.4, -0.2) is 25.5 Å². The van der Waals surface area contributed by atoms with Crippen molar-refractivity contribution in [3.8, 4) is 5.75 Å². The van der Waals surface area contributed by atoms with Gasteiger partial charge >= 0.3 is 0 Å². The number of benzene rings is 3. The molecular weight excluding hydrogens is 424 g/mol. The highest BCUT2D eigenvalue weighted by Crippen LogP contribution is 2.38. The Hall–Kier alpha value is -3.57. The predicted octanol–water partition coefficient (Wildman–Crippen LogP) is 5.47. The van der Waals surface area contributed by atoms with E-state index in [0.29, 0.717) is 39.8 Å². The van der Waals surface area contributed by atoms with Crippen LogP contribution in [0.3, 0.4) is 0 Å². The largest absolute Gasteiger partial charge is 0.497 e. The number of carbonyl (C=O) groups excluding carboxylic acids is 2. The Kier molecular flexibility index (Phi) is 6.01. The molecule has 1 aliphatic heterocycles. The van der Waals surface area contributed by atoms with Crippen LogP contribution in [0, 0.1) is 6.92 Å². The van der Waals surface area contributed by atoms with Gasteiger partial charge in [-0.1, -0.05) is 48.0 Å². The lowest BCUT2D eigenvalue weighted by atomic mass is 10.0.